The highest BCUT2D eigenvalue weighted by molar-refractivity contribution is 14.1. The third-order valence-corrected chi connectivity index (χ3v) is 4.63. The van der Waals surface area contributed by atoms with Crippen LogP contribution in [0.3, 0.4) is 0 Å². The molecule has 0 unspecified atom stereocenters. The Morgan fingerprint density at radius 1 is 1.38 bits per heavy atom. The fourth-order valence-corrected chi connectivity index (χ4v) is 3.48. The third kappa shape index (κ3) is 1.62. The van der Waals surface area contributed by atoms with Crippen molar-refractivity contribution in [3.8, 4) is 0 Å². The number of benzene rings is 1. The summed E-state index contributed by atoms with van der Waals surface area (Å²) in [5.74, 6) is 0. The maximum absolute atomic E-state index is 2.41. The smallest absolute Gasteiger partial charge is 0.0356 e. The molecule has 0 amide bonds. The monoisotopic (exact) mass is 302 g/mol. The number of hydrogen-bond donors (Lipinski definition) is 0. The van der Waals surface area contributed by atoms with Crippen molar-refractivity contribution in [2.24, 2.45) is 0 Å². The van der Waals surface area contributed by atoms with Gasteiger partial charge in [0.1, 0.15) is 0 Å². The van der Waals surface area contributed by atoms with Gasteiger partial charge in [-0.05, 0) is 59.2 Å². The molecule has 2 rings (SSSR count). The van der Waals surface area contributed by atoms with Crippen LogP contribution in [0.5, 0.6) is 0 Å². The zero-order valence-electron chi connectivity index (χ0n) is 7.73. The lowest BCUT2D eigenvalue weighted by Gasteiger charge is -2.02. The van der Waals surface area contributed by atoms with Crippen molar-refractivity contribution in [3.63, 3.8) is 0 Å². The molecule has 1 heterocycles. The Morgan fingerprint density at radius 2 is 2.15 bits per heavy atom. The van der Waals surface area contributed by atoms with E-state index in [1.54, 1.807) is 0 Å². The number of thiophene rings is 1. The maximum Gasteiger partial charge on any atom is 0.0356 e. The van der Waals surface area contributed by atoms with Crippen LogP contribution in [-0.2, 0) is 6.42 Å². The van der Waals surface area contributed by atoms with Gasteiger partial charge in [0.15, 0.2) is 0 Å². The lowest BCUT2D eigenvalue weighted by atomic mass is 10.0. The Bertz CT molecular complexity index is 443. The van der Waals surface area contributed by atoms with Crippen molar-refractivity contribution in [3.05, 3.63) is 32.2 Å². The van der Waals surface area contributed by atoms with Crippen LogP contribution in [0, 0.1) is 10.5 Å². The second-order valence-electron chi connectivity index (χ2n) is 3.21. The van der Waals surface area contributed by atoms with Crippen LogP contribution < -0.4 is 0 Å². The molecule has 1 aromatic heterocycles. The molecule has 0 aliphatic carbocycles. The number of aryl methyl sites for hydroxylation is 2. The van der Waals surface area contributed by atoms with E-state index >= 15 is 0 Å². The fourth-order valence-electron chi connectivity index (χ4n) is 1.57. The molecule has 0 N–H and O–H groups in total. The van der Waals surface area contributed by atoms with Gasteiger partial charge < -0.3 is 0 Å². The van der Waals surface area contributed by atoms with Gasteiger partial charge >= 0.3 is 0 Å². The highest BCUT2D eigenvalue weighted by Gasteiger charge is 2.04. The van der Waals surface area contributed by atoms with Crippen LogP contribution >= 0.6 is 33.9 Å². The first-order valence-electron chi connectivity index (χ1n) is 4.38. The van der Waals surface area contributed by atoms with E-state index in [1.807, 2.05) is 11.3 Å². The summed E-state index contributed by atoms with van der Waals surface area (Å²) in [6, 6.07) is 4.64. The van der Waals surface area contributed by atoms with Crippen molar-refractivity contribution < 1.29 is 0 Å². The Labute approximate surface area is 96.1 Å². The summed E-state index contributed by atoms with van der Waals surface area (Å²) in [6.07, 6.45) is 1.13. The molecule has 0 bridgehead atoms. The molecule has 0 spiro atoms. The molecule has 0 saturated carbocycles. The van der Waals surface area contributed by atoms with E-state index in [4.69, 9.17) is 0 Å². The summed E-state index contributed by atoms with van der Waals surface area (Å²) in [7, 11) is 0. The van der Waals surface area contributed by atoms with Crippen LogP contribution in [0.1, 0.15) is 18.1 Å². The Hall–Kier alpha value is -0.0900. The van der Waals surface area contributed by atoms with Crippen LogP contribution in [0.2, 0.25) is 0 Å². The third-order valence-electron chi connectivity index (χ3n) is 2.37. The van der Waals surface area contributed by atoms with Crippen molar-refractivity contribution in [2.75, 3.05) is 0 Å². The van der Waals surface area contributed by atoms with Crippen molar-refractivity contribution >= 4 is 44.0 Å². The molecule has 0 atom stereocenters. The average Bonchev–Trinajstić information content (AvgIpc) is 2.46. The molecule has 0 aliphatic rings. The second-order valence-corrected chi connectivity index (χ2v) is 5.29. The minimum Gasteiger partial charge on any atom is -0.143 e. The summed E-state index contributed by atoms with van der Waals surface area (Å²) in [5, 5.41) is 3.65. The minimum absolute atomic E-state index is 1.13. The highest BCUT2D eigenvalue weighted by atomic mass is 127. The molecule has 0 fully saturated rings. The van der Waals surface area contributed by atoms with Gasteiger partial charge in [-0.1, -0.05) is 6.92 Å². The fraction of sp³-hybridized carbons (Fsp3) is 0.273. The maximum atomic E-state index is 2.41. The van der Waals surface area contributed by atoms with E-state index in [0.717, 1.165) is 6.42 Å². The minimum atomic E-state index is 1.13. The zero-order valence-corrected chi connectivity index (χ0v) is 10.7. The average molecular weight is 302 g/mol. The summed E-state index contributed by atoms with van der Waals surface area (Å²) in [4.78, 5) is 0. The summed E-state index contributed by atoms with van der Waals surface area (Å²) in [6.45, 7) is 4.41. The molecule has 0 radical (unpaired) electrons. The Kier molecular flexibility index (Phi) is 2.60. The lowest BCUT2D eigenvalue weighted by molar-refractivity contribution is 1.12. The van der Waals surface area contributed by atoms with Gasteiger partial charge in [0, 0.05) is 19.0 Å². The van der Waals surface area contributed by atoms with Gasteiger partial charge in [-0.15, -0.1) is 11.3 Å². The van der Waals surface area contributed by atoms with E-state index in [9.17, 15) is 0 Å². The molecule has 68 valence electrons. The van der Waals surface area contributed by atoms with Crippen LogP contribution in [-0.4, -0.2) is 0 Å². The van der Waals surface area contributed by atoms with E-state index < -0.39 is 0 Å². The van der Waals surface area contributed by atoms with Crippen LogP contribution in [0.15, 0.2) is 17.5 Å². The lowest BCUT2D eigenvalue weighted by Crippen LogP contribution is -1.85. The SMILES string of the molecule is CCc1cc2c(I)csc2cc1C. The normalized spacial score (nSPS) is 11.0. The Balaban J connectivity index is 2.77. The number of fused-ring (bicyclic) bond motifs is 1. The summed E-state index contributed by atoms with van der Waals surface area (Å²) >= 11 is 4.25. The van der Waals surface area contributed by atoms with Gasteiger partial charge in [0.2, 0.25) is 0 Å². The topological polar surface area (TPSA) is 0 Å². The van der Waals surface area contributed by atoms with E-state index in [2.05, 4.69) is 54.0 Å². The highest BCUT2D eigenvalue weighted by Crippen LogP contribution is 2.29. The summed E-state index contributed by atoms with van der Waals surface area (Å²) < 4.78 is 2.80. The standard InChI is InChI=1S/C11H11IS/c1-3-8-5-9-10(12)6-13-11(9)4-7(8)2/h4-6H,3H2,1-2H3. The molecular formula is C11H11IS. The van der Waals surface area contributed by atoms with Crippen molar-refractivity contribution in [1.82, 2.24) is 0 Å². The van der Waals surface area contributed by atoms with Gasteiger partial charge in [-0.3, -0.25) is 0 Å². The quantitative estimate of drug-likeness (QED) is 0.686. The van der Waals surface area contributed by atoms with Crippen LogP contribution in [0.4, 0.5) is 0 Å². The first-order chi connectivity index (χ1) is 6.22. The van der Waals surface area contributed by atoms with Crippen molar-refractivity contribution in [2.45, 2.75) is 20.3 Å². The molecule has 1 aromatic carbocycles. The Morgan fingerprint density at radius 3 is 2.85 bits per heavy atom. The predicted octanol–water partition coefficient (Wildman–Crippen LogP) is 4.38. The summed E-state index contributed by atoms with van der Waals surface area (Å²) in [5.41, 5.74) is 2.90. The zero-order chi connectivity index (χ0) is 9.42. The predicted molar refractivity (Wildman–Crippen MR) is 68.7 cm³/mol. The van der Waals surface area contributed by atoms with E-state index in [1.165, 1.54) is 24.8 Å². The van der Waals surface area contributed by atoms with E-state index in [0.29, 0.717) is 0 Å². The molecule has 2 aromatic rings. The van der Waals surface area contributed by atoms with Gasteiger partial charge in [-0.25, -0.2) is 0 Å². The molecule has 0 saturated heterocycles. The van der Waals surface area contributed by atoms with E-state index in [-0.39, 0.29) is 0 Å². The molecule has 2 heteroatoms. The first-order valence-corrected chi connectivity index (χ1v) is 6.34. The molecule has 0 nitrogen and oxygen atoms in total. The van der Waals surface area contributed by atoms with Gasteiger partial charge in [0.25, 0.3) is 0 Å². The molecule has 0 aliphatic heterocycles. The van der Waals surface area contributed by atoms with Gasteiger partial charge in [0.05, 0.1) is 0 Å². The van der Waals surface area contributed by atoms with Gasteiger partial charge in [-0.2, -0.15) is 0 Å². The largest absolute Gasteiger partial charge is 0.143 e. The number of halogens is 1. The number of hydrogen-bond acceptors (Lipinski definition) is 1. The second kappa shape index (κ2) is 3.58. The number of rotatable bonds is 1. The van der Waals surface area contributed by atoms with Crippen LogP contribution in [0.25, 0.3) is 10.1 Å². The van der Waals surface area contributed by atoms with Crippen molar-refractivity contribution in [1.29, 1.82) is 0 Å². The first kappa shape index (κ1) is 9.46. The molecular weight excluding hydrogens is 291 g/mol. The molecule has 13 heavy (non-hydrogen) atoms.